The van der Waals surface area contributed by atoms with Crippen LogP contribution in [0.3, 0.4) is 0 Å². The van der Waals surface area contributed by atoms with Crippen LogP contribution in [0.1, 0.15) is 43.6 Å². The number of hydrogen-bond donors (Lipinski definition) is 0. The highest BCUT2D eigenvalue weighted by Gasteiger charge is 2.25. The molecule has 1 saturated carbocycles. The van der Waals surface area contributed by atoms with E-state index in [0.717, 1.165) is 5.92 Å². The molecule has 0 spiro atoms. The Labute approximate surface area is 106 Å². The van der Waals surface area contributed by atoms with Crippen molar-refractivity contribution in [2.24, 2.45) is 0 Å². The van der Waals surface area contributed by atoms with Crippen LogP contribution in [0, 0.1) is 0 Å². The van der Waals surface area contributed by atoms with Crippen molar-refractivity contribution < 1.29 is 0 Å². The topological polar surface area (TPSA) is 3.24 Å². The zero-order valence-electron chi connectivity index (χ0n) is 9.58. The normalized spacial score (nSPS) is 21.2. The molecule has 1 aliphatic carbocycles. The van der Waals surface area contributed by atoms with Gasteiger partial charge in [0.05, 0.1) is 0 Å². The Morgan fingerprint density at radius 1 is 1.06 bits per heavy atom. The van der Waals surface area contributed by atoms with E-state index >= 15 is 0 Å². The van der Waals surface area contributed by atoms with Gasteiger partial charge in [0.15, 0.2) is 0 Å². The van der Waals surface area contributed by atoms with Crippen LogP contribution in [-0.4, -0.2) is 13.1 Å². The Morgan fingerprint density at radius 3 is 2.44 bits per heavy atom. The van der Waals surface area contributed by atoms with Crippen molar-refractivity contribution in [3.8, 4) is 0 Å². The maximum Gasteiger partial charge on any atom is 0.0377 e. The second kappa shape index (κ2) is 4.40. The summed E-state index contributed by atoms with van der Waals surface area (Å²) in [6, 6.07) is 6.95. The maximum absolute atomic E-state index is 3.73. The van der Waals surface area contributed by atoms with Crippen molar-refractivity contribution in [2.45, 2.75) is 38.0 Å². The van der Waals surface area contributed by atoms with E-state index in [0.29, 0.717) is 0 Å². The molecule has 3 rings (SSSR count). The first-order chi connectivity index (χ1) is 7.84. The van der Waals surface area contributed by atoms with Crippen molar-refractivity contribution in [2.75, 3.05) is 18.0 Å². The molecule has 0 unspecified atom stereocenters. The number of nitrogens with zero attached hydrogens (tertiary/aromatic N) is 1. The molecule has 1 nitrogen and oxygen atoms in total. The maximum atomic E-state index is 3.73. The van der Waals surface area contributed by atoms with Gasteiger partial charge in [-0.3, -0.25) is 0 Å². The van der Waals surface area contributed by atoms with E-state index in [1.54, 1.807) is 0 Å². The Morgan fingerprint density at radius 2 is 1.81 bits per heavy atom. The summed E-state index contributed by atoms with van der Waals surface area (Å²) in [6.07, 6.45) is 6.85. The molecule has 0 atom stereocenters. The molecule has 86 valence electrons. The Kier molecular flexibility index (Phi) is 2.93. The lowest BCUT2D eigenvalue weighted by Crippen LogP contribution is -2.29. The SMILES string of the molecule is Brc1cc(N2CCCCC2)ccc1C1CC1. The number of rotatable bonds is 2. The van der Waals surface area contributed by atoms with Gasteiger partial charge in [0, 0.05) is 23.2 Å². The lowest BCUT2D eigenvalue weighted by atomic mass is 10.1. The average Bonchev–Trinajstić information content (AvgIpc) is 3.14. The van der Waals surface area contributed by atoms with Crippen molar-refractivity contribution in [3.05, 3.63) is 28.2 Å². The van der Waals surface area contributed by atoms with Crippen LogP contribution in [0.25, 0.3) is 0 Å². The first-order valence-electron chi connectivity index (χ1n) is 6.39. The predicted octanol–water partition coefficient (Wildman–Crippen LogP) is 4.32. The van der Waals surface area contributed by atoms with Gasteiger partial charge < -0.3 is 4.90 Å². The van der Waals surface area contributed by atoms with E-state index in [4.69, 9.17) is 0 Å². The molecule has 1 aromatic carbocycles. The van der Waals surface area contributed by atoms with Gasteiger partial charge in [0.25, 0.3) is 0 Å². The Hall–Kier alpha value is -0.500. The lowest BCUT2D eigenvalue weighted by molar-refractivity contribution is 0.578. The van der Waals surface area contributed by atoms with E-state index in [9.17, 15) is 0 Å². The summed E-state index contributed by atoms with van der Waals surface area (Å²) in [5.41, 5.74) is 2.91. The summed E-state index contributed by atoms with van der Waals surface area (Å²) in [4.78, 5) is 2.52. The first-order valence-corrected chi connectivity index (χ1v) is 7.18. The highest BCUT2D eigenvalue weighted by atomic mass is 79.9. The van der Waals surface area contributed by atoms with E-state index < -0.39 is 0 Å². The third-order valence-corrected chi connectivity index (χ3v) is 4.41. The lowest BCUT2D eigenvalue weighted by Gasteiger charge is -2.29. The molecule has 0 radical (unpaired) electrons. The molecule has 0 N–H and O–H groups in total. The van der Waals surface area contributed by atoms with Gasteiger partial charge in [-0.05, 0) is 55.7 Å². The molecule has 2 aliphatic rings. The van der Waals surface area contributed by atoms with Crippen molar-refractivity contribution in [1.29, 1.82) is 0 Å². The monoisotopic (exact) mass is 279 g/mol. The van der Waals surface area contributed by atoms with E-state index in [-0.39, 0.29) is 0 Å². The number of hydrogen-bond acceptors (Lipinski definition) is 1. The number of anilines is 1. The van der Waals surface area contributed by atoms with Gasteiger partial charge in [0.2, 0.25) is 0 Å². The van der Waals surface area contributed by atoms with Crippen LogP contribution < -0.4 is 4.90 Å². The summed E-state index contributed by atoms with van der Waals surface area (Å²) >= 11 is 3.73. The molecule has 1 heterocycles. The summed E-state index contributed by atoms with van der Waals surface area (Å²) in [7, 11) is 0. The number of halogens is 1. The minimum Gasteiger partial charge on any atom is -0.372 e. The van der Waals surface area contributed by atoms with Crippen LogP contribution in [0.4, 0.5) is 5.69 Å². The summed E-state index contributed by atoms with van der Waals surface area (Å²) in [6.45, 7) is 2.46. The van der Waals surface area contributed by atoms with Gasteiger partial charge in [-0.15, -0.1) is 0 Å². The summed E-state index contributed by atoms with van der Waals surface area (Å²) in [5, 5.41) is 0. The van der Waals surface area contributed by atoms with Crippen molar-refractivity contribution in [1.82, 2.24) is 0 Å². The molecule has 1 aliphatic heterocycles. The molecule has 0 amide bonds. The molecule has 1 saturated heterocycles. The fourth-order valence-corrected chi connectivity index (χ4v) is 3.28. The Bertz CT molecular complexity index is 378. The largest absolute Gasteiger partial charge is 0.372 e. The number of piperidine rings is 1. The van der Waals surface area contributed by atoms with E-state index in [1.165, 1.54) is 60.9 Å². The molecule has 0 bridgehead atoms. The van der Waals surface area contributed by atoms with E-state index in [1.807, 2.05) is 0 Å². The Balaban J connectivity index is 1.81. The van der Waals surface area contributed by atoms with Gasteiger partial charge in [-0.25, -0.2) is 0 Å². The fraction of sp³-hybridized carbons (Fsp3) is 0.571. The molecule has 2 fully saturated rings. The summed E-state index contributed by atoms with van der Waals surface area (Å²) in [5.74, 6) is 0.838. The minimum absolute atomic E-state index is 0.838. The third-order valence-electron chi connectivity index (χ3n) is 3.72. The second-order valence-electron chi connectivity index (χ2n) is 5.03. The summed E-state index contributed by atoms with van der Waals surface area (Å²) < 4.78 is 1.32. The van der Waals surface area contributed by atoms with Crippen molar-refractivity contribution in [3.63, 3.8) is 0 Å². The van der Waals surface area contributed by atoms with Gasteiger partial charge in [-0.2, -0.15) is 0 Å². The zero-order chi connectivity index (χ0) is 11.0. The molecule has 1 aromatic rings. The molecular weight excluding hydrogens is 262 g/mol. The fourth-order valence-electron chi connectivity index (χ4n) is 2.59. The first kappa shape index (κ1) is 10.6. The minimum atomic E-state index is 0.838. The zero-order valence-corrected chi connectivity index (χ0v) is 11.2. The molecule has 16 heavy (non-hydrogen) atoms. The molecular formula is C14H18BrN. The van der Waals surface area contributed by atoms with Crippen LogP contribution in [0.15, 0.2) is 22.7 Å². The number of benzene rings is 1. The quantitative estimate of drug-likeness (QED) is 0.780. The van der Waals surface area contributed by atoms with Crippen LogP contribution in [0.5, 0.6) is 0 Å². The highest BCUT2D eigenvalue weighted by molar-refractivity contribution is 9.10. The van der Waals surface area contributed by atoms with Crippen LogP contribution in [0.2, 0.25) is 0 Å². The van der Waals surface area contributed by atoms with Crippen molar-refractivity contribution >= 4 is 21.6 Å². The molecule has 2 heteroatoms. The highest BCUT2D eigenvalue weighted by Crippen LogP contribution is 2.44. The van der Waals surface area contributed by atoms with Gasteiger partial charge >= 0.3 is 0 Å². The molecule has 0 aromatic heterocycles. The van der Waals surface area contributed by atoms with Gasteiger partial charge in [-0.1, -0.05) is 22.0 Å². The average molecular weight is 280 g/mol. The standard InChI is InChI=1S/C14H18BrN/c15-14-10-12(16-8-2-1-3-9-16)6-7-13(14)11-4-5-11/h6-7,10-11H,1-5,8-9H2. The van der Waals surface area contributed by atoms with E-state index in [2.05, 4.69) is 39.0 Å². The van der Waals surface area contributed by atoms with Crippen LogP contribution >= 0.6 is 15.9 Å². The second-order valence-corrected chi connectivity index (χ2v) is 5.88. The third kappa shape index (κ3) is 2.13. The predicted molar refractivity (Wildman–Crippen MR) is 72.2 cm³/mol. The smallest absolute Gasteiger partial charge is 0.0377 e. The van der Waals surface area contributed by atoms with Crippen LogP contribution in [-0.2, 0) is 0 Å². The van der Waals surface area contributed by atoms with Gasteiger partial charge in [0.1, 0.15) is 0 Å².